The lowest BCUT2D eigenvalue weighted by Gasteiger charge is -2.13. The smallest absolute Gasteiger partial charge is 0.263 e. The molecular weight excluding hydrogens is 293 g/mol. The van der Waals surface area contributed by atoms with E-state index in [-0.39, 0.29) is 10.9 Å². The van der Waals surface area contributed by atoms with Crippen LogP contribution in [0.5, 0.6) is 0 Å². The predicted molar refractivity (Wildman–Crippen MR) is 78.9 cm³/mol. The van der Waals surface area contributed by atoms with E-state index in [1.165, 1.54) is 0 Å². The number of hydrogen-bond acceptors (Lipinski definition) is 4. The molecule has 1 atom stereocenters. The number of halogens is 1. The van der Waals surface area contributed by atoms with Crippen LogP contribution in [0.25, 0.3) is 0 Å². The van der Waals surface area contributed by atoms with Gasteiger partial charge in [-0.3, -0.25) is 9.71 Å². The highest BCUT2D eigenvalue weighted by Crippen LogP contribution is 2.20. The van der Waals surface area contributed by atoms with Crippen molar-refractivity contribution in [2.75, 3.05) is 11.8 Å². The number of aromatic nitrogens is 1. The summed E-state index contributed by atoms with van der Waals surface area (Å²) in [6.45, 7) is 1.96. The Balaban J connectivity index is 2.29. The van der Waals surface area contributed by atoms with E-state index < -0.39 is 15.8 Å². The summed E-state index contributed by atoms with van der Waals surface area (Å²) in [5.74, 6) is -0.699. The Morgan fingerprint density at radius 2 is 2.00 bits per heavy atom. The summed E-state index contributed by atoms with van der Waals surface area (Å²) < 4.78 is 39.9. The average molecular weight is 309 g/mol. The summed E-state index contributed by atoms with van der Waals surface area (Å²) in [4.78, 5) is 3.33. The number of sulfonamides is 1. The highest BCUT2D eigenvalue weighted by molar-refractivity contribution is 7.92. The van der Waals surface area contributed by atoms with E-state index in [0.29, 0.717) is 5.69 Å². The molecule has 0 aliphatic rings. The second-order valence-electron chi connectivity index (χ2n) is 4.58. The van der Waals surface area contributed by atoms with E-state index in [1.54, 1.807) is 18.2 Å². The molecule has 21 heavy (non-hydrogen) atoms. The summed E-state index contributed by atoms with van der Waals surface area (Å²) >= 11 is 0. The van der Waals surface area contributed by atoms with Crippen molar-refractivity contribution in [2.45, 2.75) is 17.9 Å². The topological polar surface area (TPSA) is 71.1 Å². The second kappa shape index (κ2) is 6.19. The third-order valence-corrected chi connectivity index (χ3v) is 4.41. The number of nitrogens with zero attached hydrogens (tertiary/aromatic N) is 1. The fourth-order valence-corrected chi connectivity index (χ4v) is 2.81. The zero-order chi connectivity index (χ0) is 15.5. The van der Waals surface area contributed by atoms with Gasteiger partial charge < -0.3 is 5.32 Å². The molecule has 0 spiro atoms. The molecule has 0 amide bonds. The van der Waals surface area contributed by atoms with Crippen LogP contribution in [0.4, 0.5) is 10.1 Å². The summed E-state index contributed by atoms with van der Waals surface area (Å²) in [5, 5.41) is 3.07. The van der Waals surface area contributed by atoms with E-state index in [2.05, 4.69) is 15.0 Å². The third kappa shape index (κ3) is 3.77. The number of nitrogens with one attached hydrogen (secondary N) is 2. The Labute approximate surface area is 123 Å². The maximum absolute atomic E-state index is 13.1. The molecule has 5 nitrogen and oxygen atoms in total. The molecule has 0 radical (unpaired) electrons. The second-order valence-corrected chi connectivity index (χ2v) is 6.26. The summed E-state index contributed by atoms with van der Waals surface area (Å²) in [6.07, 6.45) is 2.06. The maximum Gasteiger partial charge on any atom is 0.263 e. The summed E-state index contributed by atoms with van der Waals surface area (Å²) in [5.41, 5.74) is 1.36. The standard InChI is InChI=1S/C14H16FN3O2S/c1-10(16-2)11-4-3-5-13(6-11)18-21(19,20)14-7-12(15)8-17-9-14/h3-10,16,18H,1-2H3. The normalized spacial score (nSPS) is 12.9. The first-order valence-corrected chi connectivity index (χ1v) is 7.81. The SMILES string of the molecule is CNC(C)c1cccc(NS(=O)(=O)c2cncc(F)c2)c1. The van der Waals surface area contributed by atoms with E-state index >= 15 is 0 Å². The third-order valence-electron chi connectivity index (χ3n) is 3.06. The molecule has 0 aliphatic carbocycles. The van der Waals surface area contributed by atoms with Gasteiger partial charge in [0.2, 0.25) is 0 Å². The predicted octanol–water partition coefficient (Wildman–Crippen LogP) is 2.30. The molecule has 0 fully saturated rings. The van der Waals surface area contributed by atoms with Crippen molar-refractivity contribution in [3.8, 4) is 0 Å². The van der Waals surface area contributed by atoms with Gasteiger partial charge in [0.25, 0.3) is 10.0 Å². The zero-order valence-corrected chi connectivity index (χ0v) is 12.5. The Morgan fingerprint density at radius 3 is 2.67 bits per heavy atom. The van der Waals surface area contributed by atoms with Gasteiger partial charge in [-0.25, -0.2) is 12.8 Å². The van der Waals surface area contributed by atoms with Crippen molar-refractivity contribution in [1.29, 1.82) is 0 Å². The van der Waals surface area contributed by atoms with Crippen molar-refractivity contribution in [3.05, 3.63) is 54.1 Å². The van der Waals surface area contributed by atoms with Gasteiger partial charge in [0.15, 0.2) is 0 Å². The molecule has 0 bridgehead atoms. The lowest BCUT2D eigenvalue weighted by Crippen LogP contribution is -2.15. The van der Waals surface area contributed by atoms with Crippen LogP contribution in [0.3, 0.4) is 0 Å². The lowest BCUT2D eigenvalue weighted by molar-refractivity contribution is 0.592. The summed E-state index contributed by atoms with van der Waals surface area (Å²) in [6, 6.07) is 8.02. The molecule has 1 aromatic carbocycles. The molecule has 0 saturated heterocycles. The quantitative estimate of drug-likeness (QED) is 0.889. The van der Waals surface area contributed by atoms with Crippen LogP contribution in [0.15, 0.2) is 47.6 Å². The molecule has 2 rings (SSSR count). The fourth-order valence-electron chi connectivity index (χ4n) is 1.79. The highest BCUT2D eigenvalue weighted by atomic mass is 32.2. The Bertz CT molecular complexity index is 735. The van der Waals surface area contributed by atoms with Crippen molar-refractivity contribution in [1.82, 2.24) is 10.3 Å². The van der Waals surface area contributed by atoms with Gasteiger partial charge in [-0.05, 0) is 37.7 Å². The Kier molecular flexibility index (Phi) is 4.54. The van der Waals surface area contributed by atoms with Gasteiger partial charge >= 0.3 is 0 Å². The van der Waals surface area contributed by atoms with Crippen LogP contribution in [-0.2, 0) is 10.0 Å². The van der Waals surface area contributed by atoms with Gasteiger partial charge in [-0.1, -0.05) is 12.1 Å². The van der Waals surface area contributed by atoms with Gasteiger partial charge in [0.05, 0.1) is 6.20 Å². The Hall–Kier alpha value is -1.99. The molecular formula is C14H16FN3O2S. The molecule has 0 aliphatic heterocycles. The van der Waals surface area contributed by atoms with Gasteiger partial charge in [0.1, 0.15) is 10.7 Å². The number of rotatable bonds is 5. The van der Waals surface area contributed by atoms with E-state index in [4.69, 9.17) is 0 Å². The van der Waals surface area contributed by atoms with Crippen LogP contribution in [0, 0.1) is 5.82 Å². The first-order valence-electron chi connectivity index (χ1n) is 6.33. The van der Waals surface area contributed by atoms with E-state index in [9.17, 15) is 12.8 Å². The van der Waals surface area contributed by atoms with Crippen molar-refractivity contribution >= 4 is 15.7 Å². The number of pyridine rings is 1. The Morgan fingerprint density at radius 1 is 1.24 bits per heavy atom. The van der Waals surface area contributed by atoms with Crippen LogP contribution < -0.4 is 10.0 Å². The maximum atomic E-state index is 13.1. The minimum absolute atomic E-state index is 0.0882. The summed E-state index contributed by atoms with van der Waals surface area (Å²) in [7, 11) is -2.04. The monoisotopic (exact) mass is 309 g/mol. The first kappa shape index (κ1) is 15.4. The minimum Gasteiger partial charge on any atom is -0.313 e. The fraction of sp³-hybridized carbons (Fsp3) is 0.214. The van der Waals surface area contributed by atoms with Crippen molar-refractivity contribution in [3.63, 3.8) is 0 Å². The number of anilines is 1. The van der Waals surface area contributed by atoms with E-state index in [0.717, 1.165) is 24.0 Å². The largest absolute Gasteiger partial charge is 0.313 e. The molecule has 1 heterocycles. The van der Waals surface area contributed by atoms with Crippen LogP contribution in [0.1, 0.15) is 18.5 Å². The molecule has 2 N–H and O–H groups in total. The van der Waals surface area contributed by atoms with Crippen molar-refractivity contribution in [2.24, 2.45) is 0 Å². The van der Waals surface area contributed by atoms with Crippen LogP contribution >= 0.6 is 0 Å². The van der Waals surface area contributed by atoms with Crippen LogP contribution in [0.2, 0.25) is 0 Å². The average Bonchev–Trinajstić information content (AvgIpc) is 2.46. The van der Waals surface area contributed by atoms with Gasteiger partial charge in [-0.2, -0.15) is 0 Å². The molecule has 1 aromatic heterocycles. The molecule has 0 saturated carbocycles. The molecule has 1 unspecified atom stereocenters. The molecule has 112 valence electrons. The van der Waals surface area contributed by atoms with E-state index in [1.807, 2.05) is 20.0 Å². The minimum atomic E-state index is -3.86. The molecule has 7 heteroatoms. The highest BCUT2D eigenvalue weighted by Gasteiger charge is 2.16. The molecule has 2 aromatic rings. The van der Waals surface area contributed by atoms with Crippen LogP contribution in [-0.4, -0.2) is 20.4 Å². The van der Waals surface area contributed by atoms with Crippen molar-refractivity contribution < 1.29 is 12.8 Å². The number of benzene rings is 1. The number of hydrogen-bond donors (Lipinski definition) is 2. The first-order chi connectivity index (χ1) is 9.92. The lowest BCUT2D eigenvalue weighted by atomic mass is 10.1. The van der Waals surface area contributed by atoms with Gasteiger partial charge in [0, 0.05) is 17.9 Å². The zero-order valence-electron chi connectivity index (χ0n) is 11.7. The van der Waals surface area contributed by atoms with Gasteiger partial charge in [-0.15, -0.1) is 0 Å².